The number of nitrogens with one attached hydrogen (secondary N) is 1. The van der Waals surface area contributed by atoms with Crippen LogP contribution in [0.2, 0.25) is 0 Å². The van der Waals surface area contributed by atoms with E-state index in [1.54, 1.807) is 13.4 Å². The molecule has 2 saturated heterocycles. The minimum atomic E-state index is -0.486. The van der Waals surface area contributed by atoms with Crippen molar-refractivity contribution in [2.75, 3.05) is 38.2 Å². The molecule has 2 atom stereocenters. The summed E-state index contributed by atoms with van der Waals surface area (Å²) in [7, 11) is 1.65. The maximum absolute atomic E-state index is 12.6. The number of piperidine rings is 1. The van der Waals surface area contributed by atoms with Gasteiger partial charge in [0.15, 0.2) is 5.65 Å². The maximum Gasteiger partial charge on any atom is 0.410 e. The van der Waals surface area contributed by atoms with Crippen LogP contribution in [-0.2, 0) is 4.74 Å². The molecule has 9 nitrogen and oxygen atoms in total. The standard InChI is InChI=1S/C24H30N6O3.C2H6/c1-24(2,3)33-23(31)29-10-9-16-11-30(13-17(16)12-29)22-27-19(20-21(28-22)26-14-25-20)15-5-7-18(32-4)8-6-15;1-2/h5-8,14,16-17H,9-13H2,1-4H3,(H,25,26,27,28);1-2H3. The Labute approximate surface area is 206 Å². The number of aromatic nitrogens is 4. The molecule has 4 heterocycles. The molecule has 9 heteroatoms. The van der Waals surface area contributed by atoms with Gasteiger partial charge in [0.1, 0.15) is 22.6 Å². The van der Waals surface area contributed by atoms with Gasteiger partial charge in [0.25, 0.3) is 0 Å². The van der Waals surface area contributed by atoms with Crippen LogP contribution in [0.15, 0.2) is 30.6 Å². The summed E-state index contributed by atoms with van der Waals surface area (Å²) in [6.45, 7) is 12.8. The molecule has 1 N–H and O–H groups in total. The summed E-state index contributed by atoms with van der Waals surface area (Å²) in [5.74, 6) is 2.35. The number of amides is 1. The molecule has 0 radical (unpaired) electrons. The Hall–Kier alpha value is -3.36. The molecule has 188 valence electrons. The number of rotatable bonds is 3. The normalized spacial score (nSPS) is 19.7. The van der Waals surface area contributed by atoms with Gasteiger partial charge in [0.2, 0.25) is 5.95 Å². The highest BCUT2D eigenvalue weighted by atomic mass is 16.6. The van der Waals surface area contributed by atoms with Gasteiger partial charge in [-0.3, -0.25) is 0 Å². The number of hydrogen-bond donors (Lipinski definition) is 1. The number of fused-ring (bicyclic) bond motifs is 2. The first-order valence-electron chi connectivity index (χ1n) is 12.4. The molecule has 2 aliphatic rings. The Kier molecular flexibility index (Phi) is 7.14. The third-order valence-electron chi connectivity index (χ3n) is 6.37. The number of methoxy groups -OCH3 is 1. The lowest BCUT2D eigenvalue weighted by Crippen LogP contribution is -2.45. The lowest BCUT2D eigenvalue weighted by Gasteiger charge is -2.35. The Bertz CT molecular complexity index is 1150. The second-order valence-corrected chi connectivity index (χ2v) is 9.84. The van der Waals surface area contributed by atoms with E-state index in [0.29, 0.717) is 30.0 Å². The minimum absolute atomic E-state index is 0.226. The van der Waals surface area contributed by atoms with E-state index >= 15 is 0 Å². The van der Waals surface area contributed by atoms with E-state index in [2.05, 4.69) is 14.9 Å². The third-order valence-corrected chi connectivity index (χ3v) is 6.37. The number of carbonyl (C=O) groups is 1. The molecule has 0 saturated carbocycles. The molecule has 2 aliphatic heterocycles. The van der Waals surface area contributed by atoms with E-state index in [9.17, 15) is 4.79 Å². The number of benzene rings is 1. The highest BCUT2D eigenvalue weighted by molar-refractivity contribution is 5.88. The third kappa shape index (κ3) is 5.33. The van der Waals surface area contributed by atoms with E-state index in [1.165, 1.54) is 0 Å². The van der Waals surface area contributed by atoms with Gasteiger partial charge < -0.3 is 24.3 Å². The number of likely N-dealkylation sites (tertiary alicyclic amines) is 1. The molecule has 35 heavy (non-hydrogen) atoms. The summed E-state index contributed by atoms with van der Waals surface area (Å²) in [5, 5.41) is 0. The average Bonchev–Trinajstić information content (AvgIpc) is 3.50. The van der Waals surface area contributed by atoms with Crippen LogP contribution in [0.5, 0.6) is 5.75 Å². The molecule has 3 aromatic rings. The predicted molar refractivity (Wildman–Crippen MR) is 137 cm³/mol. The van der Waals surface area contributed by atoms with Crippen LogP contribution in [0.3, 0.4) is 0 Å². The van der Waals surface area contributed by atoms with Gasteiger partial charge in [-0.1, -0.05) is 13.8 Å². The Morgan fingerprint density at radius 1 is 1.06 bits per heavy atom. The van der Waals surface area contributed by atoms with Crippen LogP contribution < -0.4 is 9.64 Å². The molecular weight excluding hydrogens is 444 g/mol. The van der Waals surface area contributed by atoms with Gasteiger partial charge in [-0.25, -0.2) is 14.8 Å². The van der Waals surface area contributed by atoms with Crippen LogP contribution in [0.4, 0.5) is 10.7 Å². The lowest BCUT2D eigenvalue weighted by molar-refractivity contribution is 0.0140. The van der Waals surface area contributed by atoms with Crippen molar-refractivity contribution in [3.63, 3.8) is 0 Å². The Balaban J connectivity index is 0.00000141. The summed E-state index contributed by atoms with van der Waals surface area (Å²) >= 11 is 0. The largest absolute Gasteiger partial charge is 0.497 e. The topological polar surface area (TPSA) is 96.5 Å². The van der Waals surface area contributed by atoms with E-state index in [0.717, 1.165) is 48.6 Å². The van der Waals surface area contributed by atoms with Crippen LogP contribution >= 0.6 is 0 Å². The van der Waals surface area contributed by atoms with E-state index < -0.39 is 5.60 Å². The summed E-state index contributed by atoms with van der Waals surface area (Å²) in [5.41, 5.74) is 2.77. The van der Waals surface area contributed by atoms with Gasteiger partial charge in [-0.05, 0) is 63.3 Å². The maximum atomic E-state index is 12.6. The number of anilines is 1. The van der Waals surface area contributed by atoms with Crippen LogP contribution in [0, 0.1) is 11.8 Å². The minimum Gasteiger partial charge on any atom is -0.497 e. The van der Waals surface area contributed by atoms with Crippen molar-refractivity contribution in [3.05, 3.63) is 30.6 Å². The second-order valence-electron chi connectivity index (χ2n) is 9.84. The van der Waals surface area contributed by atoms with Gasteiger partial charge in [0.05, 0.1) is 13.4 Å². The first-order valence-corrected chi connectivity index (χ1v) is 12.4. The van der Waals surface area contributed by atoms with Crippen molar-refractivity contribution in [3.8, 4) is 17.0 Å². The SMILES string of the molecule is CC.COc1ccc(-c2nc(N3CC4CCN(C(=O)OC(C)(C)C)CC4C3)nc3nc[nH]c23)cc1. The van der Waals surface area contributed by atoms with Crippen molar-refractivity contribution in [2.24, 2.45) is 11.8 Å². The molecule has 1 amide bonds. The van der Waals surface area contributed by atoms with Crippen molar-refractivity contribution in [1.29, 1.82) is 0 Å². The number of carbonyl (C=O) groups excluding carboxylic acids is 1. The monoisotopic (exact) mass is 480 g/mol. The lowest BCUT2D eigenvalue weighted by atomic mass is 9.89. The summed E-state index contributed by atoms with van der Waals surface area (Å²) in [6.07, 6.45) is 2.38. The zero-order valence-electron chi connectivity index (χ0n) is 21.5. The summed E-state index contributed by atoms with van der Waals surface area (Å²) in [6, 6.07) is 7.84. The van der Waals surface area contributed by atoms with Crippen molar-refractivity contribution >= 4 is 23.2 Å². The summed E-state index contributed by atoms with van der Waals surface area (Å²) < 4.78 is 10.9. The van der Waals surface area contributed by atoms with Gasteiger partial charge >= 0.3 is 6.09 Å². The number of imidazole rings is 1. The molecule has 0 bridgehead atoms. The molecule has 2 aromatic heterocycles. The van der Waals surface area contributed by atoms with Gasteiger partial charge in [-0.15, -0.1) is 0 Å². The van der Waals surface area contributed by atoms with E-state index in [4.69, 9.17) is 19.4 Å². The first-order chi connectivity index (χ1) is 16.8. The fourth-order valence-corrected chi connectivity index (χ4v) is 4.75. The fourth-order valence-electron chi connectivity index (χ4n) is 4.75. The van der Waals surface area contributed by atoms with Crippen molar-refractivity contribution in [1.82, 2.24) is 24.8 Å². The number of ether oxygens (including phenoxy) is 2. The van der Waals surface area contributed by atoms with Gasteiger partial charge in [-0.2, -0.15) is 4.98 Å². The number of H-pyrrole nitrogens is 1. The highest BCUT2D eigenvalue weighted by Crippen LogP contribution is 2.35. The molecule has 0 spiro atoms. The number of hydrogen-bond acceptors (Lipinski definition) is 7. The van der Waals surface area contributed by atoms with Crippen LogP contribution in [-0.4, -0.2) is 69.8 Å². The summed E-state index contributed by atoms with van der Waals surface area (Å²) in [4.78, 5) is 33.9. The van der Waals surface area contributed by atoms with Crippen molar-refractivity contribution < 1.29 is 14.3 Å². The number of aromatic amines is 1. The average molecular weight is 481 g/mol. The zero-order chi connectivity index (χ0) is 25.2. The van der Waals surface area contributed by atoms with Crippen molar-refractivity contribution in [2.45, 2.75) is 46.6 Å². The second kappa shape index (κ2) is 10.1. The molecular formula is C26H36N6O3. The van der Waals surface area contributed by atoms with Crippen LogP contribution in [0.1, 0.15) is 41.0 Å². The quantitative estimate of drug-likeness (QED) is 0.578. The Morgan fingerprint density at radius 3 is 2.46 bits per heavy atom. The molecule has 2 unspecified atom stereocenters. The predicted octanol–water partition coefficient (Wildman–Crippen LogP) is 4.75. The highest BCUT2D eigenvalue weighted by Gasteiger charge is 2.40. The zero-order valence-corrected chi connectivity index (χ0v) is 21.5. The van der Waals surface area contributed by atoms with E-state index in [-0.39, 0.29) is 6.09 Å². The number of nitrogens with zero attached hydrogens (tertiary/aromatic N) is 5. The molecule has 5 rings (SSSR count). The molecule has 2 fully saturated rings. The fraction of sp³-hybridized carbons (Fsp3) is 0.538. The first kappa shape index (κ1) is 24.8. The Morgan fingerprint density at radius 2 is 1.77 bits per heavy atom. The molecule has 1 aromatic carbocycles. The van der Waals surface area contributed by atoms with Crippen LogP contribution in [0.25, 0.3) is 22.4 Å². The molecule has 0 aliphatic carbocycles. The van der Waals surface area contributed by atoms with Gasteiger partial charge in [0, 0.05) is 31.7 Å². The van der Waals surface area contributed by atoms with E-state index in [1.807, 2.05) is 63.8 Å². The smallest absolute Gasteiger partial charge is 0.410 e.